The highest BCUT2D eigenvalue weighted by Crippen LogP contribution is 2.37. The lowest BCUT2D eigenvalue weighted by Crippen LogP contribution is -2.28. The van der Waals surface area contributed by atoms with Crippen molar-refractivity contribution >= 4 is 27.9 Å². The van der Waals surface area contributed by atoms with Gasteiger partial charge >= 0.3 is 0 Å². The Labute approximate surface area is 163 Å². The van der Waals surface area contributed by atoms with Crippen molar-refractivity contribution in [3.8, 4) is 11.5 Å². The molecule has 0 aromatic heterocycles. The van der Waals surface area contributed by atoms with Crippen LogP contribution >= 0.6 is 15.9 Å². The topological polar surface area (TPSA) is 38.8 Å². The molecule has 0 bridgehead atoms. The molecule has 0 heterocycles. The quantitative estimate of drug-likeness (QED) is 0.572. The second-order valence-corrected chi connectivity index (χ2v) is 6.51. The minimum absolute atomic E-state index is 0.00510. The van der Waals surface area contributed by atoms with E-state index in [-0.39, 0.29) is 5.91 Å². The van der Waals surface area contributed by atoms with E-state index in [1.807, 2.05) is 56.3 Å². The summed E-state index contributed by atoms with van der Waals surface area (Å²) in [7, 11) is 1.60. The van der Waals surface area contributed by atoms with Crippen molar-refractivity contribution in [2.75, 3.05) is 20.2 Å². The van der Waals surface area contributed by atoms with Gasteiger partial charge in [-0.05, 0) is 59.1 Å². The van der Waals surface area contributed by atoms with Crippen LogP contribution in [0.2, 0.25) is 0 Å². The highest BCUT2D eigenvalue weighted by Gasteiger charge is 2.12. The first-order valence-electron chi connectivity index (χ1n) is 8.60. The van der Waals surface area contributed by atoms with E-state index in [1.54, 1.807) is 24.2 Å². The summed E-state index contributed by atoms with van der Waals surface area (Å²) in [5.41, 5.74) is 1.94. The SMILES string of the molecule is CCN(CC)C(=O)/C=C/c1cc(Br)c(OCc2ccccc2)c(OC)c1. The molecule has 4 nitrogen and oxygen atoms in total. The molecule has 2 aromatic carbocycles. The number of rotatable bonds is 8. The number of carbonyl (C=O) groups is 1. The van der Waals surface area contributed by atoms with Crippen molar-refractivity contribution in [2.24, 2.45) is 0 Å². The zero-order valence-corrected chi connectivity index (χ0v) is 17.0. The molecule has 26 heavy (non-hydrogen) atoms. The van der Waals surface area contributed by atoms with Crippen LogP contribution in [0.3, 0.4) is 0 Å². The maximum Gasteiger partial charge on any atom is 0.246 e. The number of carbonyl (C=O) groups excluding carboxylic acids is 1. The van der Waals surface area contributed by atoms with Crippen molar-refractivity contribution in [3.63, 3.8) is 0 Å². The first-order chi connectivity index (χ1) is 12.6. The molecule has 0 aliphatic rings. The fraction of sp³-hybridized carbons (Fsp3) is 0.286. The van der Waals surface area contributed by atoms with Crippen molar-refractivity contribution in [1.82, 2.24) is 4.90 Å². The van der Waals surface area contributed by atoms with Gasteiger partial charge in [-0.1, -0.05) is 30.3 Å². The number of ether oxygens (including phenoxy) is 2. The minimum atomic E-state index is -0.00510. The van der Waals surface area contributed by atoms with Gasteiger partial charge in [0.25, 0.3) is 0 Å². The zero-order valence-electron chi connectivity index (χ0n) is 15.4. The number of hydrogen-bond acceptors (Lipinski definition) is 3. The van der Waals surface area contributed by atoms with Crippen molar-refractivity contribution in [2.45, 2.75) is 20.5 Å². The number of benzene rings is 2. The Morgan fingerprint density at radius 3 is 2.46 bits per heavy atom. The molecule has 0 spiro atoms. The molecule has 0 atom stereocenters. The Hall–Kier alpha value is -2.27. The van der Waals surface area contributed by atoms with Gasteiger partial charge in [0, 0.05) is 19.2 Å². The Morgan fingerprint density at radius 2 is 1.85 bits per heavy atom. The van der Waals surface area contributed by atoms with E-state index in [4.69, 9.17) is 9.47 Å². The standard InChI is InChI=1S/C21H24BrNO3/c1-4-23(5-2)20(24)12-11-17-13-18(22)21(19(14-17)25-3)26-15-16-9-7-6-8-10-16/h6-14H,4-5,15H2,1-3H3/b12-11+. The molecule has 0 aliphatic heterocycles. The van der Waals surface area contributed by atoms with E-state index in [0.717, 1.165) is 15.6 Å². The van der Waals surface area contributed by atoms with E-state index in [1.165, 1.54) is 0 Å². The predicted octanol–water partition coefficient (Wildman–Crippen LogP) is 4.92. The maximum absolute atomic E-state index is 12.1. The van der Waals surface area contributed by atoms with E-state index in [0.29, 0.717) is 31.2 Å². The van der Waals surface area contributed by atoms with Crippen LogP contribution in [0.1, 0.15) is 25.0 Å². The molecule has 0 N–H and O–H groups in total. The van der Waals surface area contributed by atoms with Gasteiger partial charge in [-0.2, -0.15) is 0 Å². The van der Waals surface area contributed by atoms with E-state index in [9.17, 15) is 4.79 Å². The Bertz CT molecular complexity index is 755. The molecule has 0 unspecified atom stereocenters. The Kier molecular flexibility index (Phi) is 7.73. The Balaban J connectivity index is 2.16. The number of nitrogens with zero attached hydrogens (tertiary/aromatic N) is 1. The maximum atomic E-state index is 12.1. The number of amides is 1. The first-order valence-corrected chi connectivity index (χ1v) is 9.39. The molecule has 0 radical (unpaired) electrons. The summed E-state index contributed by atoms with van der Waals surface area (Å²) in [4.78, 5) is 13.9. The lowest BCUT2D eigenvalue weighted by molar-refractivity contribution is -0.125. The molecule has 2 aromatic rings. The third-order valence-corrected chi connectivity index (χ3v) is 4.56. The van der Waals surface area contributed by atoms with Gasteiger partial charge in [0.05, 0.1) is 11.6 Å². The van der Waals surface area contributed by atoms with E-state index < -0.39 is 0 Å². The minimum Gasteiger partial charge on any atom is -0.493 e. The normalized spacial score (nSPS) is 10.8. The van der Waals surface area contributed by atoms with E-state index in [2.05, 4.69) is 15.9 Å². The summed E-state index contributed by atoms with van der Waals surface area (Å²) in [6.07, 6.45) is 3.37. The molecule has 0 saturated heterocycles. The van der Waals surface area contributed by atoms with Crippen LogP contribution in [0.25, 0.3) is 6.08 Å². The van der Waals surface area contributed by atoms with Crippen LogP contribution in [-0.4, -0.2) is 31.0 Å². The number of halogens is 1. The van der Waals surface area contributed by atoms with Crippen molar-refractivity contribution in [3.05, 3.63) is 64.1 Å². The molecular weight excluding hydrogens is 394 g/mol. The van der Waals surface area contributed by atoms with Crippen LogP contribution in [-0.2, 0) is 11.4 Å². The van der Waals surface area contributed by atoms with Gasteiger partial charge in [-0.25, -0.2) is 0 Å². The highest BCUT2D eigenvalue weighted by molar-refractivity contribution is 9.10. The van der Waals surface area contributed by atoms with E-state index >= 15 is 0 Å². The molecule has 0 saturated carbocycles. The Morgan fingerprint density at radius 1 is 1.15 bits per heavy atom. The summed E-state index contributed by atoms with van der Waals surface area (Å²) in [5, 5.41) is 0. The lowest BCUT2D eigenvalue weighted by Gasteiger charge is -2.16. The molecule has 0 aliphatic carbocycles. The average molecular weight is 418 g/mol. The molecule has 138 valence electrons. The molecule has 5 heteroatoms. The average Bonchev–Trinajstić information content (AvgIpc) is 2.66. The lowest BCUT2D eigenvalue weighted by atomic mass is 10.1. The van der Waals surface area contributed by atoms with Gasteiger partial charge in [0.2, 0.25) is 5.91 Å². The molecule has 0 fully saturated rings. The second-order valence-electron chi connectivity index (χ2n) is 5.65. The summed E-state index contributed by atoms with van der Waals surface area (Å²) >= 11 is 3.54. The van der Waals surface area contributed by atoms with Crippen molar-refractivity contribution in [1.29, 1.82) is 0 Å². The predicted molar refractivity (Wildman–Crippen MR) is 108 cm³/mol. The first kappa shape index (κ1) is 20.0. The number of likely N-dealkylation sites (N-methyl/N-ethyl adjacent to an activating group) is 1. The van der Waals surface area contributed by atoms with Gasteiger partial charge in [-0.15, -0.1) is 0 Å². The van der Waals surface area contributed by atoms with Crippen LogP contribution in [0.5, 0.6) is 11.5 Å². The molecule has 1 amide bonds. The summed E-state index contributed by atoms with van der Waals surface area (Å²) in [5.74, 6) is 1.25. The fourth-order valence-electron chi connectivity index (χ4n) is 2.51. The number of methoxy groups -OCH3 is 1. The largest absolute Gasteiger partial charge is 0.493 e. The van der Waals surface area contributed by atoms with Crippen LogP contribution in [0, 0.1) is 0 Å². The third-order valence-electron chi connectivity index (χ3n) is 3.97. The zero-order chi connectivity index (χ0) is 18.9. The third kappa shape index (κ3) is 5.36. The second kappa shape index (κ2) is 10.0. The summed E-state index contributed by atoms with van der Waals surface area (Å²) < 4.78 is 12.2. The monoisotopic (exact) mass is 417 g/mol. The molecular formula is C21H24BrNO3. The smallest absolute Gasteiger partial charge is 0.246 e. The number of hydrogen-bond donors (Lipinski definition) is 0. The van der Waals surface area contributed by atoms with Crippen molar-refractivity contribution < 1.29 is 14.3 Å². The van der Waals surface area contributed by atoms with Gasteiger partial charge < -0.3 is 14.4 Å². The van der Waals surface area contributed by atoms with Crippen LogP contribution in [0.4, 0.5) is 0 Å². The fourth-order valence-corrected chi connectivity index (χ4v) is 3.09. The van der Waals surface area contributed by atoms with Gasteiger partial charge in [0.1, 0.15) is 6.61 Å². The summed E-state index contributed by atoms with van der Waals surface area (Å²) in [6, 6.07) is 13.7. The van der Waals surface area contributed by atoms with Crippen LogP contribution < -0.4 is 9.47 Å². The van der Waals surface area contributed by atoms with Gasteiger partial charge in [-0.3, -0.25) is 4.79 Å². The van der Waals surface area contributed by atoms with Gasteiger partial charge in [0.15, 0.2) is 11.5 Å². The summed E-state index contributed by atoms with van der Waals surface area (Å²) in [6.45, 7) is 5.77. The van der Waals surface area contributed by atoms with Crippen LogP contribution in [0.15, 0.2) is 53.0 Å². The molecule has 2 rings (SSSR count). The highest BCUT2D eigenvalue weighted by atomic mass is 79.9.